The lowest BCUT2D eigenvalue weighted by Gasteiger charge is -2.16. The second-order valence-electron chi connectivity index (χ2n) is 5.33. The minimum atomic E-state index is -0.361. The van der Waals surface area contributed by atoms with Gasteiger partial charge in [0.05, 0.1) is 11.6 Å². The first-order valence-corrected chi connectivity index (χ1v) is 8.57. The van der Waals surface area contributed by atoms with Crippen LogP contribution in [-0.4, -0.2) is 21.8 Å². The van der Waals surface area contributed by atoms with Crippen LogP contribution in [0.3, 0.4) is 0 Å². The van der Waals surface area contributed by atoms with Gasteiger partial charge in [0.2, 0.25) is 0 Å². The molecule has 0 spiro atoms. The molecule has 1 saturated heterocycles. The summed E-state index contributed by atoms with van der Waals surface area (Å²) in [5.74, 6) is -0.576. The van der Waals surface area contributed by atoms with Gasteiger partial charge in [0.15, 0.2) is 0 Å². The van der Waals surface area contributed by atoms with Gasteiger partial charge in [-0.05, 0) is 31.2 Å². The molecule has 1 amide bonds. The first kappa shape index (κ1) is 16.7. The lowest BCUT2D eigenvalue weighted by atomic mass is 10.2. The number of amides is 1. The molecular formula is C18H15FN2OS2. The van der Waals surface area contributed by atoms with Crippen LogP contribution < -0.4 is 5.32 Å². The summed E-state index contributed by atoms with van der Waals surface area (Å²) in [6, 6.07) is 14.2. The molecule has 0 atom stereocenters. The van der Waals surface area contributed by atoms with Crippen LogP contribution >= 0.6 is 24.0 Å². The molecule has 0 saturated carbocycles. The number of anilines is 1. The van der Waals surface area contributed by atoms with E-state index in [-0.39, 0.29) is 18.4 Å². The highest BCUT2D eigenvalue weighted by atomic mass is 32.2. The highest BCUT2D eigenvalue weighted by Gasteiger charge is 2.31. The van der Waals surface area contributed by atoms with E-state index in [4.69, 9.17) is 12.2 Å². The van der Waals surface area contributed by atoms with Crippen LogP contribution in [0.2, 0.25) is 0 Å². The summed E-state index contributed by atoms with van der Waals surface area (Å²) in [4.78, 5) is 14.4. The maximum Gasteiger partial charge on any atom is 0.267 e. The number of hydrogen-bond donors (Lipinski definition) is 1. The number of nitrogens with one attached hydrogen (secondary N) is 1. The third kappa shape index (κ3) is 3.66. The van der Waals surface area contributed by atoms with Crippen LogP contribution in [-0.2, 0) is 4.79 Å². The van der Waals surface area contributed by atoms with Crippen molar-refractivity contribution in [2.24, 2.45) is 0 Å². The fraction of sp³-hybridized carbons (Fsp3) is 0.111. The van der Waals surface area contributed by atoms with Crippen molar-refractivity contribution in [1.29, 1.82) is 0 Å². The summed E-state index contributed by atoms with van der Waals surface area (Å²) in [7, 11) is 0. The van der Waals surface area contributed by atoms with Crippen LogP contribution in [0, 0.1) is 12.7 Å². The molecule has 1 fully saturated rings. The summed E-state index contributed by atoms with van der Waals surface area (Å²) in [5.41, 5.74) is 2.45. The standard InChI is InChI=1S/C18H15FN2OS2/c1-12-6-8-14(9-7-12)20-11-21-17(22)16(24-18(21)23)10-13-4-2-3-5-15(13)19/h2-10,20H,11H2,1H3/b16-10+. The largest absolute Gasteiger partial charge is 0.367 e. The second kappa shape index (κ2) is 7.15. The van der Waals surface area contributed by atoms with Crippen LogP contribution in [0.15, 0.2) is 53.4 Å². The number of carbonyl (C=O) groups excluding carboxylic acids is 1. The first-order chi connectivity index (χ1) is 11.5. The molecule has 1 heterocycles. The average molecular weight is 358 g/mol. The Hall–Kier alpha value is -2.18. The maximum absolute atomic E-state index is 13.7. The van der Waals surface area contributed by atoms with Gasteiger partial charge in [0.1, 0.15) is 10.1 Å². The Morgan fingerprint density at radius 1 is 1.21 bits per heavy atom. The molecule has 1 aliphatic heterocycles. The number of nitrogens with zero attached hydrogens (tertiary/aromatic N) is 1. The van der Waals surface area contributed by atoms with Crippen molar-refractivity contribution in [3.63, 3.8) is 0 Å². The molecule has 3 rings (SSSR count). The predicted molar refractivity (Wildman–Crippen MR) is 101 cm³/mol. The Morgan fingerprint density at radius 2 is 1.92 bits per heavy atom. The van der Waals surface area contributed by atoms with E-state index in [0.717, 1.165) is 5.69 Å². The molecule has 3 nitrogen and oxygen atoms in total. The zero-order valence-electron chi connectivity index (χ0n) is 13.0. The second-order valence-corrected chi connectivity index (χ2v) is 7.01. The third-order valence-corrected chi connectivity index (χ3v) is 4.94. The van der Waals surface area contributed by atoms with E-state index < -0.39 is 0 Å². The van der Waals surface area contributed by atoms with E-state index in [1.807, 2.05) is 31.2 Å². The SMILES string of the molecule is Cc1ccc(NCN2C(=O)/C(=C\c3ccccc3F)SC2=S)cc1. The van der Waals surface area contributed by atoms with Gasteiger partial charge in [0, 0.05) is 11.3 Å². The van der Waals surface area contributed by atoms with Gasteiger partial charge in [0.25, 0.3) is 5.91 Å². The number of halogens is 1. The summed E-state index contributed by atoms with van der Waals surface area (Å²) in [6.45, 7) is 2.29. The molecule has 1 N–H and O–H groups in total. The molecule has 6 heteroatoms. The van der Waals surface area contributed by atoms with Crippen LogP contribution in [0.5, 0.6) is 0 Å². The van der Waals surface area contributed by atoms with Gasteiger partial charge in [-0.15, -0.1) is 0 Å². The average Bonchev–Trinajstić information content (AvgIpc) is 2.83. The van der Waals surface area contributed by atoms with Crippen LogP contribution in [0.25, 0.3) is 6.08 Å². The molecule has 2 aromatic carbocycles. The molecule has 1 aliphatic rings. The first-order valence-electron chi connectivity index (χ1n) is 7.35. The molecule has 24 heavy (non-hydrogen) atoms. The minimum Gasteiger partial charge on any atom is -0.367 e. The van der Waals surface area contributed by atoms with Gasteiger partial charge < -0.3 is 5.32 Å². The van der Waals surface area contributed by atoms with E-state index >= 15 is 0 Å². The number of hydrogen-bond acceptors (Lipinski definition) is 4. The van der Waals surface area contributed by atoms with E-state index in [1.54, 1.807) is 24.3 Å². The van der Waals surface area contributed by atoms with Gasteiger partial charge >= 0.3 is 0 Å². The van der Waals surface area contributed by atoms with Gasteiger partial charge in [-0.1, -0.05) is 59.9 Å². The summed E-state index contributed by atoms with van der Waals surface area (Å²) in [5, 5.41) is 3.17. The zero-order valence-corrected chi connectivity index (χ0v) is 14.6. The topological polar surface area (TPSA) is 32.3 Å². The molecule has 0 aliphatic carbocycles. The Bertz CT molecular complexity index is 818. The van der Waals surface area contributed by atoms with Crippen molar-refractivity contribution in [1.82, 2.24) is 4.90 Å². The Kier molecular flexibility index (Phi) is 4.97. The van der Waals surface area contributed by atoms with Crippen molar-refractivity contribution in [3.8, 4) is 0 Å². The van der Waals surface area contributed by atoms with E-state index in [1.165, 1.54) is 28.3 Å². The molecule has 0 radical (unpaired) electrons. The van der Waals surface area contributed by atoms with Gasteiger partial charge in [-0.25, -0.2) is 4.39 Å². The Labute approximate surface area is 149 Å². The quantitative estimate of drug-likeness (QED) is 0.648. The monoisotopic (exact) mass is 358 g/mol. The summed E-state index contributed by atoms with van der Waals surface area (Å²) < 4.78 is 14.2. The molecular weight excluding hydrogens is 343 g/mol. The smallest absolute Gasteiger partial charge is 0.267 e. The van der Waals surface area contributed by atoms with Crippen LogP contribution in [0.4, 0.5) is 10.1 Å². The summed E-state index contributed by atoms with van der Waals surface area (Å²) >= 11 is 6.46. The molecule has 122 valence electrons. The number of carbonyl (C=O) groups is 1. The van der Waals surface area contributed by atoms with Gasteiger partial charge in [-0.2, -0.15) is 0 Å². The number of thiocarbonyl (C=S) groups is 1. The zero-order chi connectivity index (χ0) is 17.1. The third-order valence-electron chi connectivity index (χ3n) is 3.56. The maximum atomic E-state index is 13.7. The number of rotatable bonds is 4. The van der Waals surface area contributed by atoms with Crippen molar-refractivity contribution in [3.05, 3.63) is 70.4 Å². The predicted octanol–water partition coefficient (Wildman–Crippen LogP) is 4.40. The number of thioether (sulfide) groups is 1. The molecule has 0 aromatic heterocycles. The van der Waals surface area contributed by atoms with Crippen molar-refractivity contribution < 1.29 is 9.18 Å². The van der Waals surface area contributed by atoms with Gasteiger partial charge in [-0.3, -0.25) is 9.69 Å². The van der Waals surface area contributed by atoms with Crippen molar-refractivity contribution >= 4 is 46.0 Å². The Balaban J connectivity index is 1.72. The van der Waals surface area contributed by atoms with E-state index in [2.05, 4.69) is 5.32 Å². The lowest BCUT2D eigenvalue weighted by molar-refractivity contribution is -0.121. The normalized spacial score (nSPS) is 16.1. The fourth-order valence-corrected chi connectivity index (χ4v) is 3.46. The van der Waals surface area contributed by atoms with E-state index in [9.17, 15) is 9.18 Å². The molecule has 0 unspecified atom stereocenters. The molecule has 2 aromatic rings. The Morgan fingerprint density at radius 3 is 2.62 bits per heavy atom. The highest BCUT2D eigenvalue weighted by Crippen LogP contribution is 2.32. The number of aryl methyl sites for hydroxylation is 1. The van der Waals surface area contributed by atoms with Crippen molar-refractivity contribution in [2.45, 2.75) is 6.92 Å². The van der Waals surface area contributed by atoms with E-state index in [0.29, 0.717) is 14.8 Å². The highest BCUT2D eigenvalue weighted by molar-refractivity contribution is 8.26. The lowest BCUT2D eigenvalue weighted by Crippen LogP contribution is -2.33. The number of benzene rings is 2. The molecule has 0 bridgehead atoms. The minimum absolute atomic E-state index is 0.215. The van der Waals surface area contributed by atoms with Crippen LogP contribution in [0.1, 0.15) is 11.1 Å². The summed E-state index contributed by atoms with van der Waals surface area (Å²) in [6.07, 6.45) is 1.54. The fourth-order valence-electron chi connectivity index (χ4n) is 2.21. The van der Waals surface area contributed by atoms with Crippen molar-refractivity contribution in [2.75, 3.05) is 12.0 Å².